The van der Waals surface area contributed by atoms with E-state index in [1.54, 1.807) is 24.4 Å². The third-order valence-electron chi connectivity index (χ3n) is 9.13. The maximum absolute atomic E-state index is 13.1. The van der Waals surface area contributed by atoms with Gasteiger partial charge in [0.05, 0.1) is 34.1 Å². The van der Waals surface area contributed by atoms with Gasteiger partial charge in [0.15, 0.2) is 0 Å². The van der Waals surface area contributed by atoms with Crippen molar-refractivity contribution in [2.45, 2.75) is 56.5 Å². The van der Waals surface area contributed by atoms with Crippen molar-refractivity contribution >= 4 is 40.2 Å². The Hall–Kier alpha value is -4.93. The molecule has 4 aliphatic rings. The van der Waals surface area contributed by atoms with E-state index in [1.807, 2.05) is 18.3 Å². The lowest BCUT2D eigenvalue weighted by atomic mass is 9.80. The summed E-state index contributed by atoms with van der Waals surface area (Å²) in [7, 11) is 0. The molecule has 5 heterocycles. The largest absolute Gasteiger partial charge is 0.385 e. The molecule has 0 bridgehead atoms. The molecule has 0 spiro atoms. The van der Waals surface area contributed by atoms with Crippen molar-refractivity contribution in [3.63, 3.8) is 0 Å². The molecule has 11 nitrogen and oxygen atoms in total. The molecule has 1 unspecified atom stereocenters. The van der Waals surface area contributed by atoms with Crippen LogP contribution in [0.15, 0.2) is 55.0 Å². The Morgan fingerprint density at radius 3 is 2.56 bits per heavy atom. The van der Waals surface area contributed by atoms with Crippen molar-refractivity contribution in [1.29, 1.82) is 0 Å². The second-order valence-corrected chi connectivity index (χ2v) is 12.0. The van der Waals surface area contributed by atoms with Crippen LogP contribution in [0.1, 0.15) is 76.9 Å². The SMILES string of the molecule is O=C1CCC(N2C(=O)c3ccc(NC[C@H]4C[C@H](n5cc(-c6nccc7ncccc67)c(C6CC6)n5)C4)cc3C2=O)C(=O)N1. The Kier molecular flexibility index (Phi) is 5.88. The monoisotopic (exact) mass is 575 g/mol. The van der Waals surface area contributed by atoms with Gasteiger partial charge in [-0.05, 0) is 74.4 Å². The van der Waals surface area contributed by atoms with E-state index >= 15 is 0 Å². The van der Waals surface area contributed by atoms with E-state index in [1.165, 1.54) is 0 Å². The van der Waals surface area contributed by atoms with E-state index in [2.05, 4.69) is 32.6 Å². The molecule has 11 heteroatoms. The number of amides is 4. The summed E-state index contributed by atoms with van der Waals surface area (Å²) in [5.41, 5.74) is 5.42. The molecule has 2 aliphatic carbocycles. The van der Waals surface area contributed by atoms with Gasteiger partial charge in [-0.1, -0.05) is 0 Å². The molecule has 1 aromatic carbocycles. The number of nitrogens with zero attached hydrogens (tertiary/aromatic N) is 5. The van der Waals surface area contributed by atoms with E-state index in [9.17, 15) is 19.2 Å². The van der Waals surface area contributed by atoms with Crippen LogP contribution in [0.25, 0.3) is 22.2 Å². The lowest BCUT2D eigenvalue weighted by molar-refractivity contribution is -0.136. The first-order valence-corrected chi connectivity index (χ1v) is 14.8. The van der Waals surface area contributed by atoms with E-state index in [4.69, 9.17) is 10.1 Å². The molecule has 8 rings (SSSR count). The summed E-state index contributed by atoms with van der Waals surface area (Å²) in [6, 6.07) is 10.4. The first kappa shape index (κ1) is 25.8. The van der Waals surface area contributed by atoms with Crippen molar-refractivity contribution in [2.75, 3.05) is 11.9 Å². The zero-order chi connectivity index (χ0) is 29.2. The lowest BCUT2D eigenvalue weighted by Gasteiger charge is -2.35. The number of piperidine rings is 1. The first-order valence-electron chi connectivity index (χ1n) is 14.8. The van der Waals surface area contributed by atoms with Crippen LogP contribution in [0.3, 0.4) is 0 Å². The Bertz CT molecular complexity index is 1830. The zero-order valence-corrected chi connectivity index (χ0v) is 23.3. The first-order chi connectivity index (χ1) is 20.9. The van der Waals surface area contributed by atoms with Crippen LogP contribution in [-0.2, 0) is 9.59 Å². The Morgan fingerprint density at radius 2 is 1.74 bits per heavy atom. The van der Waals surface area contributed by atoms with E-state index in [0.717, 1.165) is 70.7 Å². The van der Waals surface area contributed by atoms with Gasteiger partial charge >= 0.3 is 0 Å². The molecule has 0 radical (unpaired) electrons. The number of benzene rings is 1. The zero-order valence-electron chi connectivity index (χ0n) is 23.3. The van der Waals surface area contributed by atoms with Crippen LogP contribution in [0, 0.1) is 5.92 Å². The molecule has 1 atom stereocenters. The number of rotatable bonds is 7. The summed E-state index contributed by atoms with van der Waals surface area (Å²) in [6.45, 7) is 0.731. The normalized spacial score (nSPS) is 23.3. The topological polar surface area (TPSA) is 139 Å². The molecule has 2 saturated carbocycles. The van der Waals surface area contributed by atoms with E-state index in [0.29, 0.717) is 17.9 Å². The number of anilines is 1. The van der Waals surface area contributed by atoms with Crippen molar-refractivity contribution < 1.29 is 19.2 Å². The molecule has 4 amide bonds. The van der Waals surface area contributed by atoms with Crippen LogP contribution in [0.5, 0.6) is 0 Å². The average molecular weight is 576 g/mol. The predicted octanol–water partition coefficient (Wildman–Crippen LogP) is 3.84. The third kappa shape index (κ3) is 4.38. The quantitative estimate of drug-likeness (QED) is 0.317. The highest BCUT2D eigenvalue weighted by Gasteiger charge is 2.44. The van der Waals surface area contributed by atoms with E-state index < -0.39 is 29.7 Å². The molecule has 3 aromatic heterocycles. The van der Waals surface area contributed by atoms with Crippen LogP contribution < -0.4 is 10.6 Å². The minimum Gasteiger partial charge on any atom is -0.385 e. The van der Waals surface area contributed by atoms with Gasteiger partial charge in [0, 0.05) is 54.1 Å². The minimum atomic E-state index is -0.968. The molecule has 3 fully saturated rings. The molecule has 216 valence electrons. The number of hydrogen-bond donors (Lipinski definition) is 2. The number of pyridine rings is 2. The maximum Gasteiger partial charge on any atom is 0.262 e. The molecule has 1 saturated heterocycles. The Morgan fingerprint density at radius 1 is 0.907 bits per heavy atom. The van der Waals surface area contributed by atoms with Gasteiger partial charge < -0.3 is 5.32 Å². The van der Waals surface area contributed by atoms with Crippen LogP contribution in [0.2, 0.25) is 0 Å². The number of fused-ring (bicyclic) bond motifs is 2. The van der Waals surface area contributed by atoms with Gasteiger partial charge in [0.25, 0.3) is 11.8 Å². The fourth-order valence-electron chi connectivity index (χ4n) is 6.58. The lowest BCUT2D eigenvalue weighted by Crippen LogP contribution is -2.54. The Balaban J connectivity index is 0.935. The standard InChI is InChI=1S/C32H29N7O4/c40-27-8-7-26(30(41)36-27)39-31(42)21-6-5-19(14-23(21)32(39)43)35-15-17-12-20(13-17)38-16-24(28(37-38)18-3-4-18)29-22-2-1-10-33-25(22)9-11-34-29/h1-2,5-6,9-11,14,16-18,20,26,35H,3-4,7-8,12-13,15H2,(H,36,40,41)/t17-,20-,26?. The van der Waals surface area contributed by atoms with Gasteiger partial charge in [0.2, 0.25) is 11.8 Å². The summed E-state index contributed by atoms with van der Waals surface area (Å²) in [6.07, 6.45) is 10.3. The fourth-order valence-corrected chi connectivity index (χ4v) is 6.58. The van der Waals surface area contributed by atoms with Crippen molar-refractivity contribution in [2.24, 2.45) is 5.92 Å². The summed E-state index contributed by atoms with van der Waals surface area (Å²) >= 11 is 0. The van der Waals surface area contributed by atoms with Gasteiger partial charge in [-0.25, -0.2) is 0 Å². The number of imide groups is 2. The molecule has 43 heavy (non-hydrogen) atoms. The van der Waals surface area contributed by atoms with Gasteiger partial charge in [0.1, 0.15) is 6.04 Å². The maximum atomic E-state index is 13.1. The summed E-state index contributed by atoms with van der Waals surface area (Å²) in [5.74, 6) is -1.07. The third-order valence-corrected chi connectivity index (χ3v) is 9.13. The van der Waals surface area contributed by atoms with E-state index in [-0.39, 0.29) is 24.0 Å². The smallest absolute Gasteiger partial charge is 0.262 e. The second kappa shape index (κ2) is 9.82. The van der Waals surface area contributed by atoms with Crippen LogP contribution in [0.4, 0.5) is 5.69 Å². The highest BCUT2D eigenvalue weighted by atomic mass is 16.2. The van der Waals surface area contributed by atoms with Gasteiger partial charge in [-0.15, -0.1) is 0 Å². The number of carbonyl (C=O) groups excluding carboxylic acids is 4. The van der Waals surface area contributed by atoms with Crippen molar-refractivity contribution in [1.82, 2.24) is 30.0 Å². The molecular weight excluding hydrogens is 546 g/mol. The van der Waals surface area contributed by atoms with Gasteiger partial charge in [-0.3, -0.25) is 44.0 Å². The van der Waals surface area contributed by atoms with Gasteiger partial charge in [-0.2, -0.15) is 5.10 Å². The number of aromatic nitrogens is 4. The second-order valence-electron chi connectivity index (χ2n) is 12.0. The Labute approximate surface area is 246 Å². The summed E-state index contributed by atoms with van der Waals surface area (Å²) in [5, 5.41) is 11.8. The van der Waals surface area contributed by atoms with Crippen molar-refractivity contribution in [3.05, 3.63) is 71.8 Å². The minimum absolute atomic E-state index is 0.0955. The molecule has 2 N–H and O–H groups in total. The van der Waals surface area contributed by atoms with Crippen LogP contribution in [-0.4, -0.2) is 60.9 Å². The molecule has 4 aromatic rings. The average Bonchev–Trinajstić information content (AvgIpc) is 3.70. The summed E-state index contributed by atoms with van der Waals surface area (Å²) in [4.78, 5) is 60.2. The number of hydrogen-bond acceptors (Lipinski definition) is 8. The van der Waals surface area contributed by atoms with Crippen molar-refractivity contribution in [3.8, 4) is 11.3 Å². The number of carbonyl (C=O) groups is 4. The summed E-state index contributed by atoms with van der Waals surface area (Å²) < 4.78 is 2.12. The molecule has 2 aliphatic heterocycles. The predicted molar refractivity (Wildman–Crippen MR) is 156 cm³/mol. The van der Waals surface area contributed by atoms with Crippen LogP contribution >= 0.6 is 0 Å². The fraction of sp³-hybridized carbons (Fsp3) is 0.344. The highest BCUT2D eigenvalue weighted by Crippen LogP contribution is 2.46. The number of nitrogens with one attached hydrogen (secondary N) is 2. The highest BCUT2D eigenvalue weighted by molar-refractivity contribution is 6.23. The molecular formula is C32H29N7O4.